The van der Waals surface area contributed by atoms with Gasteiger partial charge in [-0.1, -0.05) is 0 Å². The highest BCUT2D eigenvalue weighted by Gasteiger charge is 2.18. The van der Waals surface area contributed by atoms with Gasteiger partial charge in [-0.25, -0.2) is 4.98 Å². The van der Waals surface area contributed by atoms with Crippen molar-refractivity contribution in [3.63, 3.8) is 0 Å². The lowest BCUT2D eigenvalue weighted by Gasteiger charge is -2.27. The lowest BCUT2D eigenvalue weighted by Crippen LogP contribution is -2.50. The summed E-state index contributed by atoms with van der Waals surface area (Å²) in [5.41, 5.74) is 2.00. The van der Waals surface area contributed by atoms with Crippen LogP contribution in [-0.4, -0.2) is 29.2 Å². The molecule has 0 unspecified atom stereocenters. The Morgan fingerprint density at radius 1 is 1.36 bits per heavy atom. The zero-order valence-corrected chi connectivity index (χ0v) is 7.66. The Bertz CT molecular complexity index is 447. The zero-order valence-electron chi connectivity index (χ0n) is 7.66. The minimum atomic E-state index is 0.329. The summed E-state index contributed by atoms with van der Waals surface area (Å²) in [6.07, 6.45) is 2.02. The van der Waals surface area contributed by atoms with Crippen LogP contribution in [0.5, 0.6) is 5.75 Å². The molecule has 3 rings (SSSR count). The normalized spacial score (nSPS) is 16.9. The molecule has 2 N–H and O–H groups in total. The number of aromatic nitrogens is 2. The second-order valence-electron chi connectivity index (χ2n) is 3.48. The average Bonchev–Trinajstić information content (AvgIpc) is 2.58. The average molecular weight is 189 g/mol. The van der Waals surface area contributed by atoms with Gasteiger partial charge in [0, 0.05) is 19.2 Å². The number of imidazole rings is 1. The predicted octanol–water partition coefficient (Wildman–Crippen LogP) is 0.913. The first-order valence-electron chi connectivity index (χ1n) is 4.72. The molecule has 0 atom stereocenters. The Hall–Kier alpha value is -1.55. The molecule has 0 spiro atoms. The Kier molecular flexibility index (Phi) is 1.67. The molecule has 0 radical (unpaired) electrons. The van der Waals surface area contributed by atoms with Gasteiger partial charge in [-0.05, 0) is 12.1 Å². The number of hydrogen-bond donors (Lipinski definition) is 2. The van der Waals surface area contributed by atoms with Crippen molar-refractivity contribution in [3.05, 3.63) is 24.5 Å². The smallest absolute Gasteiger partial charge is 0.123 e. The quantitative estimate of drug-likeness (QED) is 0.738. The lowest BCUT2D eigenvalue weighted by molar-refractivity contribution is 0.142. The summed E-state index contributed by atoms with van der Waals surface area (Å²) < 4.78 is 5.72. The van der Waals surface area contributed by atoms with E-state index >= 15 is 0 Å². The third kappa shape index (κ3) is 1.24. The van der Waals surface area contributed by atoms with Gasteiger partial charge in [0.05, 0.1) is 17.4 Å². The van der Waals surface area contributed by atoms with Crippen molar-refractivity contribution in [1.82, 2.24) is 15.3 Å². The highest BCUT2D eigenvalue weighted by atomic mass is 16.5. The number of fused-ring (bicyclic) bond motifs is 1. The molecule has 1 aliphatic rings. The van der Waals surface area contributed by atoms with Gasteiger partial charge in [0.15, 0.2) is 0 Å². The molecule has 1 fully saturated rings. The molecule has 1 aliphatic heterocycles. The molecule has 2 aromatic rings. The van der Waals surface area contributed by atoms with Crippen molar-refractivity contribution < 1.29 is 4.74 Å². The monoisotopic (exact) mass is 189 g/mol. The van der Waals surface area contributed by atoms with E-state index in [0.717, 1.165) is 29.9 Å². The second kappa shape index (κ2) is 2.99. The first-order chi connectivity index (χ1) is 6.92. The molecule has 0 aliphatic carbocycles. The van der Waals surface area contributed by atoms with Crippen LogP contribution in [0.4, 0.5) is 0 Å². The van der Waals surface area contributed by atoms with E-state index in [1.807, 2.05) is 18.2 Å². The summed E-state index contributed by atoms with van der Waals surface area (Å²) in [6.45, 7) is 1.89. The summed E-state index contributed by atoms with van der Waals surface area (Å²) >= 11 is 0. The number of nitrogens with one attached hydrogen (secondary N) is 2. The van der Waals surface area contributed by atoms with Gasteiger partial charge in [0.2, 0.25) is 0 Å². The molecule has 4 heteroatoms. The third-order valence-corrected chi connectivity index (χ3v) is 2.44. The molecular formula is C10H11N3O. The summed E-state index contributed by atoms with van der Waals surface area (Å²) in [7, 11) is 0. The van der Waals surface area contributed by atoms with Gasteiger partial charge in [-0.15, -0.1) is 0 Å². The van der Waals surface area contributed by atoms with E-state index in [0.29, 0.717) is 6.10 Å². The lowest BCUT2D eigenvalue weighted by atomic mass is 10.2. The molecule has 72 valence electrons. The van der Waals surface area contributed by atoms with Gasteiger partial charge in [-0.2, -0.15) is 0 Å². The van der Waals surface area contributed by atoms with Gasteiger partial charge in [-0.3, -0.25) is 0 Å². The van der Waals surface area contributed by atoms with E-state index in [1.54, 1.807) is 6.33 Å². The van der Waals surface area contributed by atoms with E-state index in [2.05, 4.69) is 15.3 Å². The summed E-state index contributed by atoms with van der Waals surface area (Å²) in [5.74, 6) is 0.910. The molecule has 0 bridgehead atoms. The molecule has 14 heavy (non-hydrogen) atoms. The number of aromatic amines is 1. The minimum Gasteiger partial charge on any atom is -0.488 e. The van der Waals surface area contributed by atoms with E-state index in [-0.39, 0.29) is 0 Å². The molecule has 4 nitrogen and oxygen atoms in total. The van der Waals surface area contributed by atoms with Crippen molar-refractivity contribution in [2.24, 2.45) is 0 Å². The number of nitrogens with zero attached hydrogens (tertiary/aromatic N) is 1. The van der Waals surface area contributed by atoms with Crippen LogP contribution < -0.4 is 10.1 Å². The van der Waals surface area contributed by atoms with Gasteiger partial charge >= 0.3 is 0 Å². The van der Waals surface area contributed by atoms with Crippen LogP contribution in [0, 0.1) is 0 Å². The molecule has 0 amide bonds. The van der Waals surface area contributed by atoms with Gasteiger partial charge < -0.3 is 15.0 Å². The third-order valence-electron chi connectivity index (χ3n) is 2.44. The summed E-state index contributed by atoms with van der Waals surface area (Å²) in [5, 5.41) is 3.17. The number of ether oxygens (including phenoxy) is 1. The van der Waals surface area contributed by atoms with Crippen molar-refractivity contribution >= 4 is 11.0 Å². The molecule has 2 heterocycles. The molecule has 1 aromatic heterocycles. The topological polar surface area (TPSA) is 49.9 Å². The van der Waals surface area contributed by atoms with Crippen LogP contribution in [0.25, 0.3) is 11.0 Å². The Morgan fingerprint density at radius 3 is 3.07 bits per heavy atom. The van der Waals surface area contributed by atoms with Crippen LogP contribution in [0.1, 0.15) is 0 Å². The Morgan fingerprint density at radius 2 is 2.29 bits per heavy atom. The number of benzene rings is 1. The van der Waals surface area contributed by atoms with Crippen LogP contribution in [-0.2, 0) is 0 Å². The first kappa shape index (κ1) is 7.82. The zero-order chi connectivity index (χ0) is 9.38. The van der Waals surface area contributed by atoms with Crippen molar-refractivity contribution in [1.29, 1.82) is 0 Å². The standard InChI is InChI=1S/C10H11N3O/c1-2-9-10(13-6-12-9)3-7(1)14-8-4-11-5-8/h1-3,6,8,11H,4-5H2,(H,12,13). The maximum Gasteiger partial charge on any atom is 0.123 e. The van der Waals surface area contributed by atoms with Crippen molar-refractivity contribution in [3.8, 4) is 5.75 Å². The van der Waals surface area contributed by atoms with E-state index in [1.165, 1.54) is 0 Å². The largest absolute Gasteiger partial charge is 0.488 e. The fourth-order valence-electron chi connectivity index (χ4n) is 1.53. The maximum atomic E-state index is 5.72. The summed E-state index contributed by atoms with van der Waals surface area (Å²) in [6, 6.07) is 5.91. The Labute approximate surface area is 81.3 Å². The van der Waals surface area contributed by atoms with Crippen LogP contribution in [0.2, 0.25) is 0 Å². The fraction of sp³-hybridized carbons (Fsp3) is 0.300. The van der Waals surface area contributed by atoms with E-state index in [9.17, 15) is 0 Å². The molecule has 0 saturated carbocycles. The first-order valence-corrected chi connectivity index (χ1v) is 4.72. The number of hydrogen-bond acceptors (Lipinski definition) is 3. The number of H-pyrrole nitrogens is 1. The summed E-state index contributed by atoms with van der Waals surface area (Å²) in [4.78, 5) is 7.21. The fourth-order valence-corrected chi connectivity index (χ4v) is 1.53. The van der Waals surface area contributed by atoms with Gasteiger partial charge in [0.1, 0.15) is 11.9 Å². The second-order valence-corrected chi connectivity index (χ2v) is 3.48. The minimum absolute atomic E-state index is 0.329. The highest BCUT2D eigenvalue weighted by Crippen LogP contribution is 2.19. The van der Waals surface area contributed by atoms with Crippen molar-refractivity contribution in [2.45, 2.75) is 6.10 Å². The van der Waals surface area contributed by atoms with Crippen molar-refractivity contribution in [2.75, 3.05) is 13.1 Å². The highest BCUT2D eigenvalue weighted by molar-refractivity contribution is 5.75. The molecular weight excluding hydrogens is 178 g/mol. The number of rotatable bonds is 2. The SMILES string of the molecule is c1nc2ccc(OC3CNC3)cc2[nH]1. The van der Waals surface area contributed by atoms with Gasteiger partial charge in [0.25, 0.3) is 0 Å². The molecule has 1 saturated heterocycles. The Balaban J connectivity index is 1.88. The van der Waals surface area contributed by atoms with Crippen LogP contribution in [0.15, 0.2) is 24.5 Å². The van der Waals surface area contributed by atoms with Crippen LogP contribution in [0.3, 0.4) is 0 Å². The van der Waals surface area contributed by atoms with Crippen LogP contribution >= 0.6 is 0 Å². The van der Waals surface area contributed by atoms with E-state index < -0.39 is 0 Å². The maximum absolute atomic E-state index is 5.72. The van der Waals surface area contributed by atoms with E-state index in [4.69, 9.17) is 4.74 Å². The predicted molar refractivity (Wildman–Crippen MR) is 53.4 cm³/mol. The molecule has 1 aromatic carbocycles.